The number of rotatable bonds is 7. The summed E-state index contributed by atoms with van der Waals surface area (Å²) in [7, 11) is 2.52. The minimum atomic E-state index is -4.85. The fourth-order valence-electron chi connectivity index (χ4n) is 2.52. The van der Waals surface area contributed by atoms with Crippen LogP contribution in [-0.4, -0.2) is 31.7 Å². The van der Waals surface area contributed by atoms with Crippen LogP contribution in [0.25, 0.3) is 0 Å². The van der Waals surface area contributed by atoms with Gasteiger partial charge in [0.15, 0.2) is 5.76 Å². The largest absolute Gasteiger partial charge is 0.573 e. The minimum absolute atomic E-state index is 0.0637. The number of aromatic hydroxyl groups is 1. The molecule has 1 aromatic heterocycles. The lowest BCUT2D eigenvalue weighted by molar-refractivity contribution is -0.274. The summed E-state index contributed by atoms with van der Waals surface area (Å²) in [6, 6.07) is 5.65. The molecule has 1 aromatic carbocycles. The zero-order valence-electron chi connectivity index (χ0n) is 14.9. The molecule has 152 valence electrons. The van der Waals surface area contributed by atoms with Gasteiger partial charge >= 0.3 is 12.3 Å². The summed E-state index contributed by atoms with van der Waals surface area (Å²) < 4.78 is 55.8. The highest BCUT2D eigenvalue weighted by Crippen LogP contribution is 2.34. The van der Waals surface area contributed by atoms with Crippen molar-refractivity contribution in [3.05, 3.63) is 57.6 Å². The Balaban J connectivity index is 2.49. The van der Waals surface area contributed by atoms with Crippen molar-refractivity contribution in [2.45, 2.75) is 25.3 Å². The number of carbonyl (C=O) groups is 1. The molecule has 2 aromatic rings. The van der Waals surface area contributed by atoms with Crippen molar-refractivity contribution in [2.24, 2.45) is 0 Å². The lowest BCUT2D eigenvalue weighted by Gasteiger charge is -2.18. The van der Waals surface area contributed by atoms with Crippen LogP contribution in [0.2, 0.25) is 0 Å². The number of esters is 1. The van der Waals surface area contributed by atoms with E-state index in [9.17, 15) is 27.9 Å². The van der Waals surface area contributed by atoms with E-state index >= 15 is 0 Å². The molecule has 0 spiro atoms. The predicted molar refractivity (Wildman–Crippen MR) is 89.0 cm³/mol. The molecule has 0 aliphatic carbocycles. The van der Waals surface area contributed by atoms with Gasteiger partial charge in [0.2, 0.25) is 11.2 Å². The van der Waals surface area contributed by atoms with Gasteiger partial charge in [-0.05, 0) is 17.7 Å². The maximum atomic E-state index is 12.3. The van der Waals surface area contributed by atoms with E-state index in [1.54, 1.807) is 0 Å². The van der Waals surface area contributed by atoms with E-state index in [4.69, 9.17) is 9.15 Å². The summed E-state index contributed by atoms with van der Waals surface area (Å²) >= 11 is 0. The summed E-state index contributed by atoms with van der Waals surface area (Å²) in [5.74, 6) is -2.98. The van der Waals surface area contributed by atoms with Crippen molar-refractivity contribution in [1.29, 1.82) is 0 Å². The highest BCUT2D eigenvalue weighted by Gasteiger charge is 2.31. The van der Waals surface area contributed by atoms with E-state index in [-0.39, 0.29) is 24.5 Å². The molecule has 0 radical (unpaired) electrons. The summed E-state index contributed by atoms with van der Waals surface area (Å²) in [4.78, 5) is 23.8. The first-order valence-corrected chi connectivity index (χ1v) is 7.92. The number of alkyl halides is 3. The number of methoxy groups -OCH3 is 2. The van der Waals surface area contributed by atoms with Gasteiger partial charge in [-0.3, -0.25) is 9.59 Å². The highest BCUT2D eigenvalue weighted by molar-refractivity contribution is 5.71. The lowest BCUT2D eigenvalue weighted by Crippen LogP contribution is -2.17. The number of ether oxygens (including phenoxy) is 3. The Morgan fingerprint density at radius 2 is 1.86 bits per heavy atom. The quantitative estimate of drug-likeness (QED) is 0.711. The van der Waals surface area contributed by atoms with Crippen molar-refractivity contribution >= 4 is 5.97 Å². The average Bonchev–Trinajstić information content (AvgIpc) is 2.62. The second kappa shape index (κ2) is 8.79. The second-order valence-corrected chi connectivity index (χ2v) is 5.67. The van der Waals surface area contributed by atoms with Crippen LogP contribution in [-0.2, 0) is 20.9 Å². The van der Waals surface area contributed by atoms with Crippen LogP contribution < -0.4 is 10.2 Å². The molecule has 0 amide bonds. The number of carbonyl (C=O) groups excluding carboxylic acids is 1. The molecule has 7 nitrogen and oxygen atoms in total. The van der Waals surface area contributed by atoms with E-state index in [0.29, 0.717) is 5.56 Å². The van der Waals surface area contributed by atoms with E-state index in [2.05, 4.69) is 9.47 Å². The zero-order chi connectivity index (χ0) is 20.9. The molecule has 0 aliphatic rings. The number of hydrogen-bond donors (Lipinski definition) is 1. The molecule has 1 atom stereocenters. The van der Waals surface area contributed by atoms with E-state index in [1.807, 2.05) is 0 Å². The minimum Gasteiger partial charge on any atom is -0.502 e. The van der Waals surface area contributed by atoms with Gasteiger partial charge in [-0.25, -0.2) is 0 Å². The molecule has 0 aliphatic heterocycles. The Morgan fingerprint density at radius 3 is 2.39 bits per heavy atom. The van der Waals surface area contributed by atoms with Gasteiger partial charge in [0.1, 0.15) is 18.1 Å². The van der Waals surface area contributed by atoms with Crippen molar-refractivity contribution in [3.8, 4) is 11.5 Å². The second-order valence-electron chi connectivity index (χ2n) is 5.67. The molecule has 0 unspecified atom stereocenters. The van der Waals surface area contributed by atoms with Crippen LogP contribution in [0.5, 0.6) is 11.5 Å². The summed E-state index contributed by atoms with van der Waals surface area (Å²) in [6.45, 7) is -0.0637. The van der Waals surface area contributed by atoms with Gasteiger partial charge in [0.25, 0.3) is 0 Å². The maximum absolute atomic E-state index is 12.3. The van der Waals surface area contributed by atoms with Crippen LogP contribution >= 0.6 is 0 Å². The Bertz CT molecular complexity index is 872. The third-order valence-corrected chi connectivity index (χ3v) is 3.72. The van der Waals surface area contributed by atoms with Crippen LogP contribution in [0.1, 0.15) is 29.4 Å². The fraction of sp³-hybridized carbons (Fsp3) is 0.333. The average molecular weight is 402 g/mol. The Kier molecular flexibility index (Phi) is 6.68. The third-order valence-electron chi connectivity index (χ3n) is 3.72. The predicted octanol–water partition coefficient (Wildman–Crippen LogP) is 3.09. The normalized spacial score (nSPS) is 12.5. The maximum Gasteiger partial charge on any atom is 0.573 e. The molecule has 0 saturated heterocycles. The molecule has 10 heteroatoms. The third kappa shape index (κ3) is 5.49. The van der Waals surface area contributed by atoms with E-state index in [0.717, 1.165) is 25.3 Å². The summed E-state index contributed by atoms with van der Waals surface area (Å²) in [6.07, 6.45) is -5.19. The monoisotopic (exact) mass is 402 g/mol. The smallest absolute Gasteiger partial charge is 0.502 e. The van der Waals surface area contributed by atoms with Crippen LogP contribution in [0.4, 0.5) is 13.2 Å². The molecule has 28 heavy (non-hydrogen) atoms. The van der Waals surface area contributed by atoms with Gasteiger partial charge in [0.05, 0.1) is 19.4 Å². The Hall–Kier alpha value is -3.01. The SMILES string of the molecule is COCc1cc(=O)c(O)c([C@@H](CC(=O)OC)c2ccc(OC(F)(F)F)cc2)o1. The molecule has 0 bridgehead atoms. The number of halogens is 3. The highest BCUT2D eigenvalue weighted by atomic mass is 19.4. The van der Waals surface area contributed by atoms with Gasteiger partial charge in [-0.15, -0.1) is 13.2 Å². The molecule has 1 heterocycles. The van der Waals surface area contributed by atoms with Gasteiger partial charge < -0.3 is 23.7 Å². The fourth-order valence-corrected chi connectivity index (χ4v) is 2.52. The number of benzene rings is 1. The molecular weight excluding hydrogens is 385 g/mol. The molecule has 0 fully saturated rings. The Labute approximate surface area is 157 Å². The van der Waals surface area contributed by atoms with Crippen LogP contribution in [0.15, 0.2) is 39.5 Å². The van der Waals surface area contributed by atoms with Crippen LogP contribution in [0, 0.1) is 0 Å². The van der Waals surface area contributed by atoms with Crippen molar-refractivity contribution in [1.82, 2.24) is 0 Å². The molecule has 2 rings (SSSR count). The first-order valence-electron chi connectivity index (χ1n) is 7.92. The molecule has 1 N–H and O–H groups in total. The van der Waals surface area contributed by atoms with Gasteiger partial charge in [0, 0.05) is 13.2 Å². The van der Waals surface area contributed by atoms with Crippen molar-refractivity contribution in [3.63, 3.8) is 0 Å². The molecule has 0 saturated carbocycles. The van der Waals surface area contributed by atoms with Gasteiger partial charge in [-0.1, -0.05) is 12.1 Å². The van der Waals surface area contributed by atoms with Crippen molar-refractivity contribution in [2.75, 3.05) is 14.2 Å². The summed E-state index contributed by atoms with van der Waals surface area (Å²) in [5.41, 5.74) is -0.451. The Morgan fingerprint density at radius 1 is 1.21 bits per heavy atom. The van der Waals surface area contributed by atoms with E-state index in [1.165, 1.54) is 19.2 Å². The topological polar surface area (TPSA) is 95.2 Å². The lowest BCUT2D eigenvalue weighted by atomic mass is 9.92. The first-order chi connectivity index (χ1) is 13.1. The standard InChI is InChI=1S/C18H17F3O7/c1-25-9-12-7-14(22)16(24)17(27-12)13(8-15(23)26-2)10-3-5-11(6-4-10)28-18(19,20)21/h3-7,13,24H,8-9H2,1-2H3/t13-/m0/s1. The zero-order valence-corrected chi connectivity index (χ0v) is 14.9. The number of hydrogen-bond acceptors (Lipinski definition) is 7. The van der Waals surface area contributed by atoms with Crippen LogP contribution in [0.3, 0.4) is 0 Å². The first kappa shape index (κ1) is 21.3. The van der Waals surface area contributed by atoms with Gasteiger partial charge in [-0.2, -0.15) is 0 Å². The molecular formula is C18H17F3O7. The van der Waals surface area contributed by atoms with Crippen molar-refractivity contribution < 1.29 is 41.7 Å². The van der Waals surface area contributed by atoms with E-state index < -0.39 is 35.2 Å². The summed E-state index contributed by atoms with van der Waals surface area (Å²) in [5, 5.41) is 10.1.